The van der Waals surface area contributed by atoms with E-state index in [-0.39, 0.29) is 0 Å². The average Bonchev–Trinajstić information content (AvgIpc) is 2.71. The van der Waals surface area contributed by atoms with Crippen LogP contribution in [0.25, 0.3) is 0 Å². The molecule has 30 heavy (non-hydrogen) atoms. The number of hydrogen-bond donors (Lipinski definition) is 2. The Morgan fingerprint density at radius 1 is 1.00 bits per heavy atom. The van der Waals surface area contributed by atoms with Crippen molar-refractivity contribution in [1.82, 2.24) is 10.6 Å². The van der Waals surface area contributed by atoms with Crippen molar-refractivity contribution in [2.24, 2.45) is 0 Å². The van der Waals surface area contributed by atoms with Crippen molar-refractivity contribution in [3.8, 4) is 5.75 Å². The summed E-state index contributed by atoms with van der Waals surface area (Å²) in [6, 6.07) is 16.4. The molecular weight excluding hydrogens is 384 g/mol. The van der Waals surface area contributed by atoms with Gasteiger partial charge in [0, 0.05) is 13.1 Å². The third-order valence-corrected chi connectivity index (χ3v) is 4.02. The standard InChI is InChI=1S/C23H30N2O5/c1-23(2,3)30-22(27)25-14-13-24-20(21(26)28-4)18-11-8-12-19(15-18)29-16-17-9-6-5-7-10-17/h5-12,15,20,24H,13-14,16H2,1-4H3,(H,25,27). The second-order valence-electron chi connectivity index (χ2n) is 7.69. The highest BCUT2D eigenvalue weighted by molar-refractivity contribution is 5.77. The summed E-state index contributed by atoms with van der Waals surface area (Å²) in [6.45, 7) is 6.47. The Kier molecular flexibility index (Phi) is 8.68. The quantitative estimate of drug-likeness (QED) is 0.482. The highest BCUT2D eigenvalue weighted by Gasteiger charge is 2.21. The zero-order chi connectivity index (χ0) is 22.0. The molecule has 162 valence electrons. The lowest BCUT2D eigenvalue weighted by Crippen LogP contribution is -2.38. The van der Waals surface area contributed by atoms with Crippen LogP contribution in [0.3, 0.4) is 0 Å². The van der Waals surface area contributed by atoms with Crippen LogP contribution >= 0.6 is 0 Å². The summed E-state index contributed by atoms with van der Waals surface area (Å²) in [5.74, 6) is 0.228. The molecule has 0 aliphatic heterocycles. The van der Waals surface area contributed by atoms with Crippen LogP contribution in [0.2, 0.25) is 0 Å². The molecule has 1 unspecified atom stereocenters. The molecular formula is C23H30N2O5. The number of nitrogens with one attached hydrogen (secondary N) is 2. The summed E-state index contributed by atoms with van der Waals surface area (Å²) in [5.41, 5.74) is 1.20. The number of ether oxygens (including phenoxy) is 3. The van der Waals surface area contributed by atoms with Crippen molar-refractivity contribution in [3.63, 3.8) is 0 Å². The van der Waals surface area contributed by atoms with Gasteiger partial charge in [-0.1, -0.05) is 42.5 Å². The molecule has 7 nitrogen and oxygen atoms in total. The largest absolute Gasteiger partial charge is 0.489 e. The molecule has 0 bridgehead atoms. The number of hydrogen-bond acceptors (Lipinski definition) is 6. The second kappa shape index (κ2) is 11.2. The van der Waals surface area contributed by atoms with Crippen molar-refractivity contribution in [3.05, 3.63) is 65.7 Å². The number of esters is 1. The Hall–Kier alpha value is -3.06. The fourth-order valence-corrected chi connectivity index (χ4v) is 2.68. The van der Waals surface area contributed by atoms with E-state index in [0.717, 1.165) is 5.56 Å². The lowest BCUT2D eigenvalue weighted by molar-refractivity contribution is -0.143. The molecule has 0 aliphatic carbocycles. The summed E-state index contributed by atoms with van der Waals surface area (Å²) >= 11 is 0. The molecule has 2 aromatic rings. The van der Waals surface area contributed by atoms with Gasteiger partial charge in [0.05, 0.1) is 7.11 Å². The van der Waals surface area contributed by atoms with Crippen molar-refractivity contribution in [1.29, 1.82) is 0 Å². The Bertz CT molecular complexity index is 818. The summed E-state index contributed by atoms with van der Waals surface area (Å²) in [6.07, 6.45) is -0.504. The minimum absolute atomic E-state index is 0.298. The van der Waals surface area contributed by atoms with Crippen LogP contribution in [0.5, 0.6) is 5.75 Å². The van der Waals surface area contributed by atoms with Gasteiger partial charge in [0.15, 0.2) is 0 Å². The van der Waals surface area contributed by atoms with E-state index in [9.17, 15) is 9.59 Å². The van der Waals surface area contributed by atoms with Gasteiger partial charge in [-0.25, -0.2) is 9.59 Å². The second-order valence-corrected chi connectivity index (χ2v) is 7.69. The maximum atomic E-state index is 12.3. The van der Waals surface area contributed by atoms with Gasteiger partial charge in [0.25, 0.3) is 0 Å². The smallest absolute Gasteiger partial charge is 0.407 e. The molecule has 0 radical (unpaired) electrons. The molecule has 0 aliphatic rings. The highest BCUT2D eigenvalue weighted by Crippen LogP contribution is 2.21. The summed E-state index contributed by atoms with van der Waals surface area (Å²) in [7, 11) is 1.34. The van der Waals surface area contributed by atoms with E-state index in [4.69, 9.17) is 14.2 Å². The SMILES string of the molecule is COC(=O)C(NCCNC(=O)OC(C)(C)C)c1cccc(OCc2ccccc2)c1. The van der Waals surface area contributed by atoms with E-state index >= 15 is 0 Å². The van der Waals surface area contributed by atoms with E-state index in [1.807, 2.05) is 48.5 Å². The van der Waals surface area contributed by atoms with Crippen LogP contribution in [0.4, 0.5) is 4.79 Å². The molecule has 0 saturated carbocycles. The number of benzene rings is 2. The fourth-order valence-electron chi connectivity index (χ4n) is 2.68. The molecule has 2 N–H and O–H groups in total. The van der Waals surface area contributed by atoms with Gasteiger partial charge in [-0.05, 0) is 44.0 Å². The Labute approximate surface area is 177 Å². The molecule has 2 aromatic carbocycles. The molecule has 0 fully saturated rings. The number of carbonyl (C=O) groups is 2. The first kappa shape index (κ1) is 23.2. The molecule has 0 spiro atoms. The van der Waals surface area contributed by atoms with Gasteiger partial charge in [0.1, 0.15) is 24.0 Å². The zero-order valence-corrected chi connectivity index (χ0v) is 17.9. The first-order valence-corrected chi connectivity index (χ1v) is 9.83. The van der Waals surface area contributed by atoms with Gasteiger partial charge >= 0.3 is 12.1 Å². The van der Waals surface area contributed by atoms with Gasteiger partial charge in [0.2, 0.25) is 0 Å². The maximum Gasteiger partial charge on any atom is 0.407 e. The van der Waals surface area contributed by atoms with Gasteiger partial charge in [-0.2, -0.15) is 0 Å². The van der Waals surface area contributed by atoms with E-state index in [1.165, 1.54) is 7.11 Å². The summed E-state index contributed by atoms with van der Waals surface area (Å²) in [4.78, 5) is 24.0. The fraction of sp³-hybridized carbons (Fsp3) is 0.391. The van der Waals surface area contributed by atoms with E-state index in [1.54, 1.807) is 26.8 Å². The first-order chi connectivity index (χ1) is 14.3. The molecule has 1 amide bonds. The van der Waals surface area contributed by atoms with Crippen LogP contribution in [-0.2, 0) is 20.9 Å². The third kappa shape index (κ3) is 8.13. The molecule has 0 heterocycles. The lowest BCUT2D eigenvalue weighted by Gasteiger charge is -2.20. The predicted molar refractivity (Wildman–Crippen MR) is 114 cm³/mol. The van der Waals surface area contributed by atoms with E-state index in [0.29, 0.717) is 31.0 Å². The van der Waals surface area contributed by atoms with Crippen LogP contribution in [-0.4, -0.2) is 37.9 Å². The van der Waals surface area contributed by atoms with Crippen molar-refractivity contribution >= 4 is 12.1 Å². The van der Waals surface area contributed by atoms with Crippen LogP contribution in [0.1, 0.15) is 37.9 Å². The molecule has 1 atom stereocenters. The van der Waals surface area contributed by atoms with Crippen LogP contribution in [0.15, 0.2) is 54.6 Å². The molecule has 2 rings (SSSR count). The third-order valence-electron chi connectivity index (χ3n) is 4.02. The lowest BCUT2D eigenvalue weighted by atomic mass is 10.1. The number of carbonyl (C=O) groups excluding carboxylic acids is 2. The van der Waals surface area contributed by atoms with Crippen LogP contribution < -0.4 is 15.4 Å². The van der Waals surface area contributed by atoms with Crippen molar-refractivity contribution in [2.45, 2.75) is 39.0 Å². The minimum atomic E-state index is -0.685. The Morgan fingerprint density at radius 2 is 1.73 bits per heavy atom. The van der Waals surface area contributed by atoms with E-state index in [2.05, 4.69) is 10.6 Å². The normalized spacial score (nSPS) is 12.0. The highest BCUT2D eigenvalue weighted by atomic mass is 16.6. The number of amides is 1. The molecule has 7 heteroatoms. The van der Waals surface area contributed by atoms with Gasteiger partial charge < -0.3 is 19.5 Å². The molecule has 0 saturated heterocycles. The molecule has 0 aromatic heterocycles. The zero-order valence-electron chi connectivity index (χ0n) is 17.9. The average molecular weight is 415 g/mol. The number of rotatable bonds is 9. The monoisotopic (exact) mass is 414 g/mol. The minimum Gasteiger partial charge on any atom is -0.489 e. The Balaban J connectivity index is 1.94. The first-order valence-electron chi connectivity index (χ1n) is 9.83. The number of methoxy groups -OCH3 is 1. The topological polar surface area (TPSA) is 85.9 Å². The summed E-state index contributed by atoms with van der Waals surface area (Å²) < 4.78 is 16.0. The number of alkyl carbamates (subject to hydrolysis) is 1. The maximum absolute atomic E-state index is 12.3. The van der Waals surface area contributed by atoms with Crippen molar-refractivity contribution in [2.75, 3.05) is 20.2 Å². The van der Waals surface area contributed by atoms with Gasteiger partial charge in [-0.3, -0.25) is 5.32 Å². The van der Waals surface area contributed by atoms with Crippen molar-refractivity contribution < 1.29 is 23.8 Å². The summed E-state index contributed by atoms with van der Waals surface area (Å²) in [5, 5.41) is 5.76. The van der Waals surface area contributed by atoms with E-state index < -0.39 is 23.7 Å². The Morgan fingerprint density at radius 3 is 2.40 bits per heavy atom. The predicted octanol–water partition coefficient (Wildman–Crippen LogP) is 3.59. The van der Waals surface area contributed by atoms with Crippen LogP contribution in [0, 0.1) is 0 Å². The van der Waals surface area contributed by atoms with Gasteiger partial charge in [-0.15, -0.1) is 0 Å².